The van der Waals surface area contributed by atoms with Crippen LogP contribution >= 0.6 is 0 Å². The molecule has 0 aromatic heterocycles. The van der Waals surface area contributed by atoms with Crippen molar-refractivity contribution in [2.75, 3.05) is 33.3 Å². The van der Waals surface area contributed by atoms with Crippen LogP contribution in [0.3, 0.4) is 0 Å². The Morgan fingerprint density at radius 3 is 2.13 bits per heavy atom. The van der Waals surface area contributed by atoms with E-state index in [0.717, 1.165) is 38.8 Å². The summed E-state index contributed by atoms with van der Waals surface area (Å²) in [5.74, 6) is 0.543. The first-order chi connectivity index (χ1) is 14.8. The topological polar surface area (TPSA) is 49.9 Å². The standard InChI is InChI=1S/C23H36N2O3.C3H8/c1-5-18(3)22(26)17-28-23(27)25-13-11-20(12-14-25)15-19-7-9-21(10-8-19)16-24(4)6-2;1-3-2/h7-10,18,20H,5-6,11-17H2,1-4H3;3H2,1-2H3. The first kappa shape index (κ1) is 27.2. The van der Waals surface area contributed by atoms with Gasteiger partial charge >= 0.3 is 6.09 Å². The van der Waals surface area contributed by atoms with E-state index < -0.39 is 0 Å². The van der Waals surface area contributed by atoms with E-state index in [9.17, 15) is 9.59 Å². The maximum Gasteiger partial charge on any atom is 0.410 e. The van der Waals surface area contributed by atoms with Crippen LogP contribution in [-0.2, 0) is 22.5 Å². The smallest absolute Gasteiger partial charge is 0.410 e. The lowest BCUT2D eigenvalue weighted by Crippen LogP contribution is -2.40. The molecule has 1 heterocycles. The number of ether oxygens (including phenoxy) is 1. The number of rotatable bonds is 9. The number of benzene rings is 1. The Labute approximate surface area is 190 Å². The fourth-order valence-corrected chi connectivity index (χ4v) is 3.45. The van der Waals surface area contributed by atoms with Gasteiger partial charge in [0.15, 0.2) is 12.4 Å². The lowest BCUT2D eigenvalue weighted by atomic mass is 9.90. The van der Waals surface area contributed by atoms with E-state index in [2.05, 4.69) is 57.0 Å². The van der Waals surface area contributed by atoms with Crippen LogP contribution in [0.4, 0.5) is 4.79 Å². The zero-order valence-corrected chi connectivity index (χ0v) is 20.7. The molecule has 1 amide bonds. The van der Waals surface area contributed by atoms with Gasteiger partial charge < -0.3 is 14.5 Å². The first-order valence-corrected chi connectivity index (χ1v) is 12.0. The second-order valence-electron chi connectivity index (χ2n) is 8.82. The molecule has 1 unspecified atom stereocenters. The minimum Gasteiger partial charge on any atom is -0.441 e. The Balaban J connectivity index is 0.00000151. The molecule has 5 nitrogen and oxygen atoms in total. The van der Waals surface area contributed by atoms with Gasteiger partial charge in [-0.1, -0.05) is 65.3 Å². The number of hydrogen-bond donors (Lipinski definition) is 0. The van der Waals surface area contributed by atoms with Crippen LogP contribution in [0, 0.1) is 11.8 Å². The van der Waals surface area contributed by atoms with Gasteiger partial charge in [0.1, 0.15) is 0 Å². The number of likely N-dealkylation sites (tertiary alicyclic amines) is 1. The van der Waals surface area contributed by atoms with Crippen LogP contribution in [0.1, 0.15) is 71.4 Å². The predicted octanol–water partition coefficient (Wildman–Crippen LogP) is 5.56. The van der Waals surface area contributed by atoms with E-state index in [1.165, 1.54) is 17.5 Å². The zero-order valence-electron chi connectivity index (χ0n) is 20.7. The minimum absolute atomic E-state index is 0.000636. The van der Waals surface area contributed by atoms with Gasteiger partial charge in [-0.15, -0.1) is 0 Å². The summed E-state index contributed by atoms with van der Waals surface area (Å²) in [5, 5.41) is 0. The Morgan fingerprint density at radius 2 is 1.61 bits per heavy atom. The summed E-state index contributed by atoms with van der Waals surface area (Å²) < 4.78 is 5.21. The monoisotopic (exact) mass is 432 g/mol. The predicted molar refractivity (Wildman–Crippen MR) is 128 cm³/mol. The highest BCUT2D eigenvalue weighted by molar-refractivity contribution is 5.83. The molecule has 176 valence electrons. The number of ketones is 1. The number of piperidine rings is 1. The molecule has 1 atom stereocenters. The minimum atomic E-state index is -0.348. The number of nitrogens with zero attached hydrogens (tertiary/aromatic N) is 2. The van der Waals surface area contributed by atoms with Crippen molar-refractivity contribution in [1.29, 1.82) is 0 Å². The molecule has 0 bridgehead atoms. The largest absolute Gasteiger partial charge is 0.441 e. The van der Waals surface area contributed by atoms with E-state index in [4.69, 9.17) is 4.74 Å². The molecule has 1 fully saturated rings. The third-order valence-electron chi connectivity index (χ3n) is 5.91. The molecule has 31 heavy (non-hydrogen) atoms. The van der Waals surface area contributed by atoms with E-state index in [1.54, 1.807) is 4.90 Å². The van der Waals surface area contributed by atoms with Gasteiger partial charge in [0, 0.05) is 25.6 Å². The van der Waals surface area contributed by atoms with E-state index in [1.807, 2.05) is 13.8 Å². The zero-order chi connectivity index (χ0) is 23.2. The normalized spacial score (nSPS) is 15.3. The molecule has 2 rings (SSSR count). The van der Waals surface area contributed by atoms with Crippen molar-refractivity contribution in [1.82, 2.24) is 9.80 Å². The van der Waals surface area contributed by atoms with Crippen LogP contribution in [-0.4, -0.2) is 55.0 Å². The van der Waals surface area contributed by atoms with Crippen molar-refractivity contribution in [3.05, 3.63) is 35.4 Å². The molecule has 0 saturated carbocycles. The lowest BCUT2D eigenvalue weighted by molar-refractivity contribution is -0.125. The van der Waals surface area contributed by atoms with Crippen LogP contribution in [0.2, 0.25) is 0 Å². The van der Waals surface area contributed by atoms with Crippen molar-refractivity contribution in [2.45, 2.75) is 73.3 Å². The highest BCUT2D eigenvalue weighted by Gasteiger charge is 2.24. The second-order valence-corrected chi connectivity index (χ2v) is 8.82. The first-order valence-electron chi connectivity index (χ1n) is 12.0. The summed E-state index contributed by atoms with van der Waals surface area (Å²) in [7, 11) is 2.13. The average Bonchev–Trinajstić information content (AvgIpc) is 2.78. The molecule has 0 radical (unpaired) electrons. The molecule has 1 aliphatic heterocycles. The van der Waals surface area contributed by atoms with Gasteiger partial charge in [-0.3, -0.25) is 4.79 Å². The number of amides is 1. The summed E-state index contributed by atoms with van der Waals surface area (Å²) in [6.45, 7) is 13.6. The molecule has 1 aliphatic rings. The highest BCUT2D eigenvalue weighted by Crippen LogP contribution is 2.22. The molecule has 0 spiro atoms. The van der Waals surface area contributed by atoms with E-state index in [-0.39, 0.29) is 24.4 Å². The van der Waals surface area contributed by atoms with Crippen molar-refractivity contribution in [3.63, 3.8) is 0 Å². The molecular formula is C26H44N2O3. The molecular weight excluding hydrogens is 388 g/mol. The summed E-state index contributed by atoms with van der Waals surface area (Å²) >= 11 is 0. The number of carbonyl (C=O) groups is 2. The van der Waals surface area contributed by atoms with Crippen molar-refractivity contribution in [2.24, 2.45) is 11.8 Å². The third-order valence-corrected chi connectivity index (χ3v) is 5.91. The fourth-order valence-electron chi connectivity index (χ4n) is 3.45. The van der Waals surface area contributed by atoms with E-state index in [0.29, 0.717) is 19.0 Å². The molecule has 5 heteroatoms. The molecule has 1 aromatic rings. The Kier molecular flexibility index (Phi) is 13.1. The molecule has 0 N–H and O–H groups in total. The van der Waals surface area contributed by atoms with Gasteiger partial charge in [-0.25, -0.2) is 4.79 Å². The number of hydrogen-bond acceptors (Lipinski definition) is 4. The van der Waals surface area contributed by atoms with Crippen molar-refractivity contribution in [3.8, 4) is 0 Å². The van der Waals surface area contributed by atoms with E-state index >= 15 is 0 Å². The number of Topliss-reactive ketones (excluding diaryl/α,β-unsaturated/α-hetero) is 1. The second kappa shape index (κ2) is 15.0. The molecule has 1 saturated heterocycles. The summed E-state index contributed by atoms with van der Waals surface area (Å²) in [5.41, 5.74) is 2.71. The Morgan fingerprint density at radius 1 is 1.06 bits per heavy atom. The van der Waals surface area contributed by atoms with Gasteiger partial charge in [-0.05, 0) is 56.3 Å². The molecule has 1 aromatic carbocycles. The van der Waals surface area contributed by atoms with Gasteiger partial charge in [0.2, 0.25) is 0 Å². The van der Waals surface area contributed by atoms with Crippen LogP contribution in [0.5, 0.6) is 0 Å². The van der Waals surface area contributed by atoms with Crippen molar-refractivity contribution >= 4 is 11.9 Å². The van der Waals surface area contributed by atoms with Crippen LogP contribution < -0.4 is 0 Å². The highest BCUT2D eigenvalue weighted by atomic mass is 16.6. The lowest BCUT2D eigenvalue weighted by Gasteiger charge is -2.31. The van der Waals surface area contributed by atoms with Crippen LogP contribution in [0.15, 0.2) is 24.3 Å². The average molecular weight is 433 g/mol. The molecule has 0 aliphatic carbocycles. The summed E-state index contributed by atoms with van der Waals surface area (Å²) in [6, 6.07) is 8.92. The maximum absolute atomic E-state index is 12.2. The van der Waals surface area contributed by atoms with Gasteiger partial charge in [0.05, 0.1) is 0 Å². The SMILES string of the molecule is CCC.CCC(C)C(=O)COC(=O)N1CCC(Cc2ccc(CN(C)CC)cc2)CC1. The van der Waals surface area contributed by atoms with Gasteiger partial charge in [0.25, 0.3) is 0 Å². The maximum atomic E-state index is 12.2. The summed E-state index contributed by atoms with van der Waals surface area (Å²) in [6.07, 6.45) is 4.69. The van der Waals surface area contributed by atoms with Crippen molar-refractivity contribution < 1.29 is 14.3 Å². The quantitative estimate of drug-likeness (QED) is 0.512. The Hall–Kier alpha value is -1.88. The number of carbonyl (C=O) groups excluding carboxylic acids is 2. The third kappa shape index (κ3) is 10.3. The summed E-state index contributed by atoms with van der Waals surface area (Å²) in [4.78, 5) is 28.0. The Bertz CT molecular complexity index is 637. The van der Waals surface area contributed by atoms with Gasteiger partial charge in [-0.2, -0.15) is 0 Å². The fraction of sp³-hybridized carbons (Fsp3) is 0.692. The van der Waals surface area contributed by atoms with Crippen LogP contribution in [0.25, 0.3) is 0 Å².